The van der Waals surface area contributed by atoms with E-state index in [1.54, 1.807) is 31.2 Å². The number of fused-ring (bicyclic) bond motifs is 1. The minimum absolute atomic E-state index is 0.0347. The highest BCUT2D eigenvalue weighted by Gasteiger charge is 2.55. The summed E-state index contributed by atoms with van der Waals surface area (Å²) in [7, 11) is 0. The normalized spacial score (nSPS) is 29.4. The second kappa shape index (κ2) is 7.17. The van der Waals surface area contributed by atoms with Crippen LogP contribution in [-0.2, 0) is 14.4 Å². The van der Waals surface area contributed by atoms with E-state index < -0.39 is 17.6 Å². The molecule has 8 nitrogen and oxygen atoms in total. The monoisotopic (exact) mass is 398 g/mol. The molecule has 5 amide bonds. The van der Waals surface area contributed by atoms with Crippen LogP contribution in [0.4, 0.5) is 16.2 Å². The molecule has 1 spiro atoms. The van der Waals surface area contributed by atoms with Crippen molar-refractivity contribution in [3.8, 4) is 0 Å². The maximum Gasteiger partial charge on any atom is 0.325 e. The highest BCUT2D eigenvalue weighted by atomic mass is 16.2. The molecule has 1 aliphatic carbocycles. The van der Waals surface area contributed by atoms with Crippen LogP contribution in [0.5, 0.6) is 0 Å². The van der Waals surface area contributed by atoms with Gasteiger partial charge in [0, 0.05) is 12.5 Å². The van der Waals surface area contributed by atoms with Crippen molar-refractivity contribution in [2.45, 2.75) is 57.5 Å². The molecule has 0 radical (unpaired) electrons. The molecule has 2 N–H and O–H groups in total. The quantitative estimate of drug-likeness (QED) is 0.747. The van der Waals surface area contributed by atoms with Crippen molar-refractivity contribution >= 4 is 35.1 Å². The third-order valence-electron chi connectivity index (χ3n) is 6.42. The lowest BCUT2D eigenvalue weighted by Gasteiger charge is -2.37. The number of carbonyl (C=O) groups excluding carboxylic acids is 4. The Hall–Kier alpha value is -2.90. The highest BCUT2D eigenvalue weighted by molar-refractivity contribution is 6.12. The number of carbonyl (C=O) groups is 4. The molecule has 8 heteroatoms. The van der Waals surface area contributed by atoms with Gasteiger partial charge in [-0.05, 0) is 37.8 Å². The van der Waals surface area contributed by atoms with Gasteiger partial charge in [-0.2, -0.15) is 0 Å². The smallest absolute Gasteiger partial charge is 0.324 e. The van der Waals surface area contributed by atoms with E-state index in [0.29, 0.717) is 17.8 Å². The van der Waals surface area contributed by atoms with E-state index >= 15 is 0 Å². The van der Waals surface area contributed by atoms with Crippen LogP contribution in [0, 0.1) is 5.92 Å². The number of para-hydroxylation sites is 2. The minimum atomic E-state index is -0.893. The van der Waals surface area contributed by atoms with Crippen LogP contribution in [-0.4, -0.2) is 46.8 Å². The number of nitrogens with one attached hydrogen (secondary N) is 2. The van der Waals surface area contributed by atoms with Gasteiger partial charge in [-0.1, -0.05) is 31.9 Å². The lowest BCUT2D eigenvalue weighted by Crippen LogP contribution is -2.54. The van der Waals surface area contributed by atoms with Crippen molar-refractivity contribution in [2.75, 3.05) is 16.8 Å². The van der Waals surface area contributed by atoms with Crippen molar-refractivity contribution in [3.05, 3.63) is 24.3 Å². The first-order chi connectivity index (χ1) is 13.8. The number of imide groups is 1. The summed E-state index contributed by atoms with van der Waals surface area (Å²) in [4.78, 5) is 53.7. The summed E-state index contributed by atoms with van der Waals surface area (Å²) >= 11 is 0. The van der Waals surface area contributed by atoms with Gasteiger partial charge in [0.25, 0.3) is 5.91 Å². The summed E-state index contributed by atoms with van der Waals surface area (Å²) in [5.41, 5.74) is 0.226. The summed E-state index contributed by atoms with van der Waals surface area (Å²) in [6.07, 6.45) is 3.53. The Balaban J connectivity index is 1.60. The standard InChI is InChI=1S/C21H26N4O4/c1-13-7-5-6-10-21(13)19(28)24(20(29)23-21)12-18(27)25-14(2)11-17(26)22-15-8-3-4-9-16(15)25/h3-4,8-9,13-14H,5-7,10-12H2,1-2H3,(H,22,26)(H,23,29)/t13-,14-,21+/m1/s1. The van der Waals surface area contributed by atoms with Crippen LogP contribution in [0.1, 0.15) is 46.0 Å². The van der Waals surface area contributed by atoms with E-state index in [1.807, 2.05) is 6.92 Å². The van der Waals surface area contributed by atoms with E-state index in [4.69, 9.17) is 0 Å². The molecule has 1 saturated carbocycles. The Morgan fingerprint density at radius 2 is 1.93 bits per heavy atom. The number of urea groups is 1. The van der Waals surface area contributed by atoms with Crippen molar-refractivity contribution in [3.63, 3.8) is 0 Å². The lowest BCUT2D eigenvalue weighted by molar-refractivity contribution is -0.137. The van der Waals surface area contributed by atoms with Crippen LogP contribution < -0.4 is 15.5 Å². The average Bonchev–Trinajstić information content (AvgIpc) is 2.82. The maximum atomic E-state index is 13.2. The van der Waals surface area contributed by atoms with Gasteiger partial charge in [0.15, 0.2) is 0 Å². The molecule has 0 aromatic heterocycles. The third kappa shape index (κ3) is 3.16. The van der Waals surface area contributed by atoms with Gasteiger partial charge in [-0.15, -0.1) is 0 Å². The second-order valence-electron chi connectivity index (χ2n) is 8.32. The Morgan fingerprint density at radius 3 is 2.69 bits per heavy atom. The van der Waals surface area contributed by atoms with Crippen molar-refractivity contribution in [2.24, 2.45) is 5.92 Å². The number of hydrogen-bond donors (Lipinski definition) is 2. The van der Waals surface area contributed by atoms with Crippen molar-refractivity contribution in [1.29, 1.82) is 0 Å². The molecule has 2 heterocycles. The first-order valence-corrected chi connectivity index (χ1v) is 10.2. The summed E-state index contributed by atoms with van der Waals surface area (Å²) < 4.78 is 0. The maximum absolute atomic E-state index is 13.2. The fourth-order valence-corrected chi connectivity index (χ4v) is 4.82. The number of rotatable bonds is 2. The number of benzene rings is 1. The number of anilines is 2. The third-order valence-corrected chi connectivity index (χ3v) is 6.42. The summed E-state index contributed by atoms with van der Waals surface area (Å²) in [6.45, 7) is 3.43. The largest absolute Gasteiger partial charge is 0.325 e. The van der Waals surface area contributed by atoms with Crippen molar-refractivity contribution in [1.82, 2.24) is 10.2 Å². The SMILES string of the molecule is C[C@@H]1CC(=O)Nc2ccccc2N1C(=O)CN1C(=O)N[C@]2(CCCC[C@H]2C)C1=O. The molecule has 1 aromatic carbocycles. The fourth-order valence-electron chi connectivity index (χ4n) is 4.82. The van der Waals surface area contributed by atoms with Crippen LogP contribution in [0.25, 0.3) is 0 Å². The van der Waals surface area contributed by atoms with Crippen molar-refractivity contribution < 1.29 is 19.2 Å². The van der Waals surface area contributed by atoms with Gasteiger partial charge in [-0.3, -0.25) is 19.3 Å². The average molecular weight is 398 g/mol. The Bertz CT molecular complexity index is 885. The van der Waals surface area contributed by atoms with Crippen LogP contribution >= 0.6 is 0 Å². The molecule has 3 aliphatic rings. The van der Waals surface area contributed by atoms with E-state index in [1.165, 1.54) is 4.90 Å². The zero-order valence-corrected chi connectivity index (χ0v) is 16.7. The van der Waals surface area contributed by atoms with Gasteiger partial charge in [0.05, 0.1) is 11.4 Å². The lowest BCUT2D eigenvalue weighted by atomic mass is 9.73. The van der Waals surface area contributed by atoms with Gasteiger partial charge in [0.1, 0.15) is 12.1 Å². The molecular weight excluding hydrogens is 372 g/mol. The number of nitrogens with zero attached hydrogens (tertiary/aromatic N) is 2. The van der Waals surface area contributed by atoms with E-state index in [-0.39, 0.29) is 36.6 Å². The second-order valence-corrected chi connectivity index (χ2v) is 8.32. The Morgan fingerprint density at radius 1 is 1.17 bits per heavy atom. The molecule has 154 valence electrons. The molecule has 3 atom stereocenters. The molecule has 2 fully saturated rings. The number of amides is 5. The minimum Gasteiger partial charge on any atom is -0.324 e. The fraction of sp³-hybridized carbons (Fsp3) is 0.524. The predicted molar refractivity (Wildman–Crippen MR) is 107 cm³/mol. The Kier molecular flexibility index (Phi) is 4.80. The first kappa shape index (κ1) is 19.4. The molecular formula is C21H26N4O4. The van der Waals surface area contributed by atoms with E-state index in [2.05, 4.69) is 10.6 Å². The molecule has 29 heavy (non-hydrogen) atoms. The summed E-state index contributed by atoms with van der Waals surface area (Å²) in [5, 5.41) is 5.69. The molecule has 1 saturated heterocycles. The van der Waals surface area contributed by atoms with Gasteiger partial charge < -0.3 is 15.5 Å². The molecule has 4 rings (SSSR count). The van der Waals surface area contributed by atoms with Gasteiger partial charge in [-0.25, -0.2) is 4.79 Å². The predicted octanol–water partition coefficient (Wildman–Crippen LogP) is 2.25. The highest BCUT2D eigenvalue weighted by Crippen LogP contribution is 2.38. The molecule has 0 bridgehead atoms. The van der Waals surface area contributed by atoms with Crippen LogP contribution in [0.2, 0.25) is 0 Å². The zero-order valence-electron chi connectivity index (χ0n) is 16.7. The molecule has 2 aliphatic heterocycles. The number of hydrogen-bond acceptors (Lipinski definition) is 4. The Labute approximate surface area is 169 Å². The van der Waals surface area contributed by atoms with Gasteiger partial charge >= 0.3 is 6.03 Å². The zero-order chi connectivity index (χ0) is 20.8. The molecule has 1 aromatic rings. The topological polar surface area (TPSA) is 98.8 Å². The summed E-state index contributed by atoms with van der Waals surface area (Å²) in [5.74, 6) is -0.837. The van der Waals surface area contributed by atoms with Crippen LogP contribution in [0.3, 0.4) is 0 Å². The summed E-state index contributed by atoms with van der Waals surface area (Å²) in [6, 6.07) is 6.15. The van der Waals surface area contributed by atoms with Gasteiger partial charge in [0.2, 0.25) is 11.8 Å². The molecule has 0 unspecified atom stereocenters. The first-order valence-electron chi connectivity index (χ1n) is 10.2. The van der Waals surface area contributed by atoms with Crippen LogP contribution in [0.15, 0.2) is 24.3 Å². The van der Waals surface area contributed by atoms with E-state index in [0.717, 1.165) is 24.2 Å². The van der Waals surface area contributed by atoms with E-state index in [9.17, 15) is 19.2 Å².